The van der Waals surface area contributed by atoms with Crippen LogP contribution in [0.25, 0.3) is 0 Å². The second-order valence-corrected chi connectivity index (χ2v) is 3.93. The van der Waals surface area contributed by atoms with Crippen molar-refractivity contribution in [2.24, 2.45) is 11.8 Å². The van der Waals surface area contributed by atoms with Crippen LogP contribution in [0.1, 0.15) is 38.5 Å². The molecule has 2 rings (SSSR count). The molecule has 0 bridgehead atoms. The highest BCUT2D eigenvalue weighted by Gasteiger charge is 2.38. The first-order valence-corrected chi connectivity index (χ1v) is 4.84. The maximum atomic E-state index is 11.4. The zero-order chi connectivity index (χ0) is 8.55. The summed E-state index contributed by atoms with van der Waals surface area (Å²) in [5, 5.41) is 0. The van der Waals surface area contributed by atoms with Crippen molar-refractivity contribution in [2.75, 3.05) is 0 Å². The Morgan fingerprint density at radius 1 is 0.833 bits per heavy atom. The van der Waals surface area contributed by atoms with Crippen molar-refractivity contribution in [3.05, 3.63) is 0 Å². The Labute approximate surface area is 72.3 Å². The first-order valence-electron chi connectivity index (χ1n) is 4.84. The second-order valence-electron chi connectivity index (χ2n) is 3.93. The van der Waals surface area contributed by atoms with E-state index in [1.807, 2.05) is 0 Å². The zero-order valence-corrected chi connectivity index (χ0v) is 7.21. The lowest BCUT2D eigenvalue weighted by Crippen LogP contribution is -2.36. The van der Waals surface area contributed by atoms with Gasteiger partial charge in [0.15, 0.2) is 0 Å². The number of ketones is 2. The summed E-state index contributed by atoms with van der Waals surface area (Å²) in [4.78, 5) is 22.8. The van der Waals surface area contributed by atoms with Gasteiger partial charge in [-0.05, 0) is 25.7 Å². The lowest BCUT2D eigenvalue weighted by molar-refractivity contribution is -0.137. The van der Waals surface area contributed by atoms with Crippen LogP contribution in [0.3, 0.4) is 0 Å². The average molecular weight is 166 g/mol. The number of carbonyl (C=O) groups excluding carboxylic acids is 2. The van der Waals surface area contributed by atoms with Crippen LogP contribution in [0.2, 0.25) is 0 Å². The summed E-state index contributed by atoms with van der Waals surface area (Å²) in [6, 6.07) is 0. The summed E-state index contributed by atoms with van der Waals surface area (Å²) in [5.41, 5.74) is 0. The standard InChI is InChI=1S/C10H14O2/c11-9-5-1-3-7-8(9)4-2-6-10(7)12/h7-8H,1-6H2. The first-order chi connectivity index (χ1) is 5.79. The van der Waals surface area contributed by atoms with Gasteiger partial charge in [0.05, 0.1) is 0 Å². The summed E-state index contributed by atoms with van der Waals surface area (Å²) >= 11 is 0. The zero-order valence-electron chi connectivity index (χ0n) is 7.21. The quantitative estimate of drug-likeness (QED) is 0.549. The van der Waals surface area contributed by atoms with Gasteiger partial charge in [-0.15, -0.1) is 0 Å². The van der Waals surface area contributed by atoms with E-state index in [4.69, 9.17) is 0 Å². The predicted molar refractivity (Wildman–Crippen MR) is 44.7 cm³/mol. The summed E-state index contributed by atoms with van der Waals surface area (Å²) in [7, 11) is 0. The molecule has 2 atom stereocenters. The van der Waals surface area contributed by atoms with Crippen molar-refractivity contribution in [1.82, 2.24) is 0 Å². The number of Topliss-reactive ketones (excluding diaryl/α,β-unsaturated/α-hetero) is 2. The minimum atomic E-state index is 0.111. The Kier molecular flexibility index (Phi) is 1.99. The van der Waals surface area contributed by atoms with E-state index >= 15 is 0 Å². The van der Waals surface area contributed by atoms with Crippen molar-refractivity contribution < 1.29 is 9.59 Å². The van der Waals surface area contributed by atoms with Gasteiger partial charge in [-0.2, -0.15) is 0 Å². The molecule has 2 aliphatic carbocycles. The highest BCUT2D eigenvalue weighted by molar-refractivity contribution is 5.91. The van der Waals surface area contributed by atoms with E-state index in [2.05, 4.69) is 0 Å². The van der Waals surface area contributed by atoms with Gasteiger partial charge in [0, 0.05) is 24.7 Å². The largest absolute Gasteiger partial charge is 0.299 e. The van der Waals surface area contributed by atoms with Crippen molar-refractivity contribution in [1.29, 1.82) is 0 Å². The monoisotopic (exact) mass is 166 g/mol. The molecule has 0 aliphatic heterocycles. The molecule has 2 fully saturated rings. The molecular formula is C10H14O2. The molecule has 12 heavy (non-hydrogen) atoms. The Hall–Kier alpha value is -0.660. The number of fused-ring (bicyclic) bond motifs is 1. The normalized spacial score (nSPS) is 36.3. The van der Waals surface area contributed by atoms with Crippen molar-refractivity contribution in [2.45, 2.75) is 38.5 Å². The van der Waals surface area contributed by atoms with E-state index in [9.17, 15) is 9.59 Å². The number of hydrogen-bond acceptors (Lipinski definition) is 2. The van der Waals surface area contributed by atoms with Gasteiger partial charge >= 0.3 is 0 Å². The Morgan fingerprint density at radius 2 is 1.25 bits per heavy atom. The van der Waals surface area contributed by atoms with Crippen molar-refractivity contribution in [3.63, 3.8) is 0 Å². The van der Waals surface area contributed by atoms with Crippen molar-refractivity contribution >= 4 is 11.6 Å². The molecule has 2 aliphatic rings. The van der Waals surface area contributed by atoms with Gasteiger partial charge in [-0.25, -0.2) is 0 Å². The fourth-order valence-electron chi connectivity index (χ4n) is 2.54. The lowest BCUT2D eigenvalue weighted by atomic mass is 9.69. The summed E-state index contributed by atoms with van der Waals surface area (Å²) in [6.07, 6.45) is 5.24. The van der Waals surface area contributed by atoms with E-state index in [0.29, 0.717) is 24.4 Å². The molecule has 0 radical (unpaired) electrons. The van der Waals surface area contributed by atoms with Crippen molar-refractivity contribution in [3.8, 4) is 0 Å². The number of hydrogen-bond donors (Lipinski definition) is 0. The van der Waals surface area contributed by atoms with Gasteiger partial charge < -0.3 is 0 Å². The molecule has 2 saturated carbocycles. The maximum Gasteiger partial charge on any atom is 0.136 e. The van der Waals surface area contributed by atoms with Crippen LogP contribution in [0.4, 0.5) is 0 Å². The third-order valence-corrected chi connectivity index (χ3v) is 3.19. The highest BCUT2D eigenvalue weighted by atomic mass is 16.1. The van der Waals surface area contributed by atoms with Gasteiger partial charge in [0.2, 0.25) is 0 Å². The first kappa shape index (κ1) is 7.96. The third kappa shape index (κ3) is 1.19. The number of rotatable bonds is 0. The Bertz CT molecular complexity index is 196. The molecule has 0 aromatic heterocycles. The molecular weight excluding hydrogens is 152 g/mol. The molecule has 0 amide bonds. The van der Waals surface area contributed by atoms with Crippen LogP contribution in [0.5, 0.6) is 0 Å². The third-order valence-electron chi connectivity index (χ3n) is 3.19. The molecule has 0 aromatic carbocycles. The van der Waals surface area contributed by atoms with E-state index < -0.39 is 0 Å². The van der Waals surface area contributed by atoms with Gasteiger partial charge in [-0.1, -0.05) is 0 Å². The van der Waals surface area contributed by atoms with Crippen LogP contribution in [0, 0.1) is 11.8 Å². The van der Waals surface area contributed by atoms with Crippen LogP contribution in [-0.2, 0) is 9.59 Å². The Balaban J connectivity index is 2.16. The van der Waals surface area contributed by atoms with Gasteiger partial charge in [0.25, 0.3) is 0 Å². The second kappa shape index (κ2) is 3.00. The molecule has 0 saturated heterocycles. The average Bonchev–Trinajstić information content (AvgIpc) is 2.07. The molecule has 2 nitrogen and oxygen atoms in total. The lowest BCUT2D eigenvalue weighted by Gasteiger charge is -2.32. The fourth-order valence-corrected chi connectivity index (χ4v) is 2.54. The smallest absolute Gasteiger partial charge is 0.136 e. The number of carbonyl (C=O) groups is 2. The molecule has 0 aromatic rings. The molecule has 0 heterocycles. The molecule has 0 spiro atoms. The Morgan fingerprint density at radius 3 is 1.67 bits per heavy atom. The summed E-state index contributed by atoms with van der Waals surface area (Å²) < 4.78 is 0. The topological polar surface area (TPSA) is 34.1 Å². The molecule has 2 unspecified atom stereocenters. The van der Waals surface area contributed by atoms with E-state index in [1.165, 1.54) is 0 Å². The minimum absolute atomic E-state index is 0.111. The van der Waals surface area contributed by atoms with E-state index in [1.54, 1.807) is 0 Å². The molecule has 0 N–H and O–H groups in total. The predicted octanol–water partition coefficient (Wildman–Crippen LogP) is 1.72. The van der Waals surface area contributed by atoms with Crippen LogP contribution < -0.4 is 0 Å². The maximum absolute atomic E-state index is 11.4. The van der Waals surface area contributed by atoms with E-state index in [-0.39, 0.29) is 11.8 Å². The SMILES string of the molecule is O=C1CCCC2C(=O)CCCC12. The van der Waals surface area contributed by atoms with Gasteiger partial charge in [0.1, 0.15) is 11.6 Å². The van der Waals surface area contributed by atoms with Crippen LogP contribution in [0.15, 0.2) is 0 Å². The summed E-state index contributed by atoms with van der Waals surface area (Å²) in [6.45, 7) is 0. The van der Waals surface area contributed by atoms with Gasteiger partial charge in [-0.3, -0.25) is 9.59 Å². The van der Waals surface area contributed by atoms with Crippen LogP contribution in [-0.4, -0.2) is 11.6 Å². The van der Waals surface area contributed by atoms with E-state index in [0.717, 1.165) is 25.7 Å². The summed E-state index contributed by atoms with van der Waals surface area (Å²) in [5.74, 6) is 0.915. The molecule has 2 heteroatoms. The minimum Gasteiger partial charge on any atom is -0.299 e. The fraction of sp³-hybridized carbons (Fsp3) is 0.800. The highest BCUT2D eigenvalue weighted by Crippen LogP contribution is 2.36. The molecule has 66 valence electrons. The van der Waals surface area contributed by atoms with Crippen LogP contribution >= 0.6 is 0 Å².